The molecule has 3 heteroatoms. The lowest BCUT2D eigenvalue weighted by Gasteiger charge is -2.35. The number of piperidine rings is 1. The van der Waals surface area contributed by atoms with Crippen molar-refractivity contribution in [2.24, 2.45) is 11.8 Å². The van der Waals surface area contributed by atoms with Gasteiger partial charge in [-0.15, -0.1) is 0 Å². The van der Waals surface area contributed by atoms with Gasteiger partial charge in [-0.3, -0.25) is 0 Å². The molecule has 1 aromatic rings. The molecule has 1 N–H and O–H groups in total. The molecule has 118 valence electrons. The molecule has 0 bridgehead atoms. The summed E-state index contributed by atoms with van der Waals surface area (Å²) in [5.74, 6) is 1.16. The summed E-state index contributed by atoms with van der Waals surface area (Å²) in [4.78, 5) is 2.54. The van der Waals surface area contributed by atoms with Crippen LogP contribution in [0.3, 0.4) is 0 Å². The summed E-state index contributed by atoms with van der Waals surface area (Å²) in [6, 6.07) is 7.26. The third kappa shape index (κ3) is 4.52. The molecule has 21 heavy (non-hydrogen) atoms. The van der Waals surface area contributed by atoms with Crippen LogP contribution in [-0.2, 0) is 0 Å². The number of nitrogens with one attached hydrogen (secondary N) is 1. The number of benzene rings is 1. The highest BCUT2D eigenvalue weighted by atomic mass is 19.1. The van der Waals surface area contributed by atoms with E-state index < -0.39 is 0 Å². The molecule has 0 amide bonds. The number of hydrogen-bond acceptors (Lipinski definition) is 2. The Morgan fingerprint density at radius 3 is 2.57 bits per heavy atom. The monoisotopic (exact) mass is 292 g/mol. The van der Waals surface area contributed by atoms with Gasteiger partial charge >= 0.3 is 0 Å². The SMILES string of the molecule is CCNC(c1ccccc1F)C(C)CN1CCC(C)CC1. The summed E-state index contributed by atoms with van der Waals surface area (Å²) in [5, 5.41) is 3.47. The molecular formula is C18H29FN2. The predicted molar refractivity (Wildman–Crippen MR) is 86.8 cm³/mol. The van der Waals surface area contributed by atoms with Crippen molar-refractivity contribution < 1.29 is 4.39 Å². The highest BCUT2D eigenvalue weighted by molar-refractivity contribution is 5.22. The maximum Gasteiger partial charge on any atom is 0.127 e. The molecule has 0 aromatic heterocycles. The zero-order valence-corrected chi connectivity index (χ0v) is 13.6. The van der Waals surface area contributed by atoms with Crippen LogP contribution < -0.4 is 5.32 Å². The largest absolute Gasteiger partial charge is 0.310 e. The van der Waals surface area contributed by atoms with Crippen molar-refractivity contribution >= 4 is 0 Å². The molecule has 1 fully saturated rings. The van der Waals surface area contributed by atoms with Crippen LogP contribution in [0, 0.1) is 17.7 Å². The van der Waals surface area contributed by atoms with Gasteiger partial charge in [-0.25, -0.2) is 4.39 Å². The molecular weight excluding hydrogens is 263 g/mol. The summed E-state index contributed by atoms with van der Waals surface area (Å²) in [7, 11) is 0. The van der Waals surface area contributed by atoms with Crippen LogP contribution in [0.1, 0.15) is 45.2 Å². The van der Waals surface area contributed by atoms with E-state index in [2.05, 4.69) is 31.0 Å². The summed E-state index contributed by atoms with van der Waals surface area (Å²) in [5.41, 5.74) is 0.803. The molecule has 0 spiro atoms. The lowest BCUT2D eigenvalue weighted by Crippen LogP contribution is -2.40. The van der Waals surface area contributed by atoms with Gasteiger partial charge in [0.05, 0.1) is 0 Å². The summed E-state index contributed by atoms with van der Waals surface area (Å²) in [6.45, 7) is 10.9. The first-order valence-corrected chi connectivity index (χ1v) is 8.32. The number of hydrogen-bond donors (Lipinski definition) is 1. The Balaban J connectivity index is 2.02. The van der Waals surface area contributed by atoms with Crippen LogP contribution in [0.25, 0.3) is 0 Å². The van der Waals surface area contributed by atoms with Gasteiger partial charge in [0.2, 0.25) is 0 Å². The molecule has 0 saturated carbocycles. The predicted octanol–water partition coefficient (Wildman–Crippen LogP) is 3.84. The van der Waals surface area contributed by atoms with Gasteiger partial charge in [-0.05, 0) is 50.4 Å². The number of nitrogens with zero attached hydrogens (tertiary/aromatic N) is 1. The van der Waals surface area contributed by atoms with E-state index in [1.54, 1.807) is 12.1 Å². The topological polar surface area (TPSA) is 15.3 Å². The van der Waals surface area contributed by atoms with Crippen molar-refractivity contribution in [2.45, 2.75) is 39.7 Å². The van der Waals surface area contributed by atoms with E-state index in [0.29, 0.717) is 5.92 Å². The fourth-order valence-corrected chi connectivity index (χ4v) is 3.32. The van der Waals surface area contributed by atoms with E-state index in [1.807, 2.05) is 12.1 Å². The maximum absolute atomic E-state index is 14.1. The standard InChI is InChI=1S/C18H29FN2/c1-4-20-18(16-7-5-6-8-17(16)19)15(3)13-21-11-9-14(2)10-12-21/h5-8,14-15,18,20H,4,9-13H2,1-3H3. The third-order valence-electron chi connectivity index (χ3n) is 4.66. The molecule has 1 aromatic carbocycles. The van der Waals surface area contributed by atoms with Crippen LogP contribution in [0.2, 0.25) is 0 Å². The van der Waals surface area contributed by atoms with Crippen LogP contribution in [0.4, 0.5) is 4.39 Å². The van der Waals surface area contributed by atoms with Gasteiger partial charge < -0.3 is 10.2 Å². The highest BCUT2D eigenvalue weighted by Crippen LogP contribution is 2.26. The average Bonchev–Trinajstić information content (AvgIpc) is 2.48. The Morgan fingerprint density at radius 1 is 1.29 bits per heavy atom. The Kier molecular flexibility index (Phi) is 6.19. The van der Waals surface area contributed by atoms with Crippen molar-refractivity contribution in [1.82, 2.24) is 10.2 Å². The maximum atomic E-state index is 14.1. The van der Waals surface area contributed by atoms with E-state index >= 15 is 0 Å². The first-order valence-electron chi connectivity index (χ1n) is 8.32. The van der Waals surface area contributed by atoms with Crippen molar-refractivity contribution in [2.75, 3.05) is 26.2 Å². The number of halogens is 1. The van der Waals surface area contributed by atoms with E-state index in [-0.39, 0.29) is 11.9 Å². The minimum atomic E-state index is -0.0948. The Morgan fingerprint density at radius 2 is 1.95 bits per heavy atom. The second-order valence-corrected chi connectivity index (χ2v) is 6.52. The third-order valence-corrected chi connectivity index (χ3v) is 4.66. The summed E-state index contributed by atoms with van der Waals surface area (Å²) >= 11 is 0. The average molecular weight is 292 g/mol. The highest BCUT2D eigenvalue weighted by Gasteiger charge is 2.24. The van der Waals surface area contributed by atoms with E-state index in [1.165, 1.54) is 25.9 Å². The molecule has 2 atom stereocenters. The Labute approximate surface area is 128 Å². The first kappa shape index (κ1) is 16.4. The molecule has 1 aliphatic heterocycles. The fourth-order valence-electron chi connectivity index (χ4n) is 3.32. The molecule has 2 nitrogen and oxygen atoms in total. The zero-order chi connectivity index (χ0) is 15.2. The number of likely N-dealkylation sites (tertiary alicyclic amines) is 1. The first-order chi connectivity index (χ1) is 10.1. The molecule has 1 aliphatic rings. The molecule has 2 unspecified atom stereocenters. The molecule has 0 radical (unpaired) electrons. The fraction of sp³-hybridized carbons (Fsp3) is 0.667. The van der Waals surface area contributed by atoms with E-state index in [4.69, 9.17) is 0 Å². The van der Waals surface area contributed by atoms with E-state index in [9.17, 15) is 4.39 Å². The minimum absolute atomic E-state index is 0.0931. The van der Waals surface area contributed by atoms with Crippen molar-refractivity contribution in [3.8, 4) is 0 Å². The summed E-state index contributed by atoms with van der Waals surface area (Å²) < 4.78 is 14.1. The van der Waals surface area contributed by atoms with Gasteiger partial charge in [0, 0.05) is 18.2 Å². The quantitative estimate of drug-likeness (QED) is 0.857. The summed E-state index contributed by atoms with van der Waals surface area (Å²) in [6.07, 6.45) is 2.58. The van der Waals surface area contributed by atoms with Crippen LogP contribution in [0.5, 0.6) is 0 Å². The van der Waals surface area contributed by atoms with Gasteiger partial charge in [-0.2, -0.15) is 0 Å². The van der Waals surface area contributed by atoms with Crippen molar-refractivity contribution in [1.29, 1.82) is 0 Å². The van der Waals surface area contributed by atoms with Gasteiger partial charge in [0.1, 0.15) is 5.82 Å². The van der Waals surface area contributed by atoms with Crippen LogP contribution in [0.15, 0.2) is 24.3 Å². The van der Waals surface area contributed by atoms with Crippen LogP contribution >= 0.6 is 0 Å². The number of rotatable bonds is 6. The van der Waals surface area contributed by atoms with Gasteiger partial charge in [0.15, 0.2) is 0 Å². The Bertz CT molecular complexity index is 427. The second kappa shape index (κ2) is 7.90. The molecule has 1 saturated heterocycles. The second-order valence-electron chi connectivity index (χ2n) is 6.52. The van der Waals surface area contributed by atoms with Crippen molar-refractivity contribution in [3.63, 3.8) is 0 Å². The molecule has 2 rings (SSSR count). The molecule has 1 heterocycles. The lowest BCUT2D eigenvalue weighted by molar-refractivity contribution is 0.156. The van der Waals surface area contributed by atoms with E-state index in [0.717, 1.165) is 24.6 Å². The van der Waals surface area contributed by atoms with Crippen LogP contribution in [-0.4, -0.2) is 31.1 Å². The zero-order valence-electron chi connectivity index (χ0n) is 13.6. The smallest absolute Gasteiger partial charge is 0.127 e. The minimum Gasteiger partial charge on any atom is -0.310 e. The van der Waals surface area contributed by atoms with Gasteiger partial charge in [-0.1, -0.05) is 39.0 Å². The lowest BCUT2D eigenvalue weighted by atomic mass is 9.92. The van der Waals surface area contributed by atoms with Gasteiger partial charge in [0.25, 0.3) is 0 Å². The Hall–Kier alpha value is -0.930. The normalized spacial score (nSPS) is 20.4. The van der Waals surface area contributed by atoms with Crippen molar-refractivity contribution in [3.05, 3.63) is 35.6 Å². The molecule has 0 aliphatic carbocycles.